The summed E-state index contributed by atoms with van der Waals surface area (Å²) in [5, 5.41) is 16.2. The van der Waals surface area contributed by atoms with E-state index in [1.807, 2.05) is 30.3 Å². The highest BCUT2D eigenvalue weighted by atomic mass is 79.9. The van der Waals surface area contributed by atoms with Crippen LogP contribution < -0.4 is 10.2 Å². The Hall–Kier alpha value is -3.05. The van der Waals surface area contributed by atoms with Crippen molar-refractivity contribution in [3.05, 3.63) is 46.8 Å². The van der Waals surface area contributed by atoms with Gasteiger partial charge in [0.15, 0.2) is 11.5 Å². The van der Waals surface area contributed by atoms with E-state index in [4.69, 9.17) is 14.7 Å². The van der Waals surface area contributed by atoms with Gasteiger partial charge in [-0.1, -0.05) is 30.3 Å². The molecule has 3 aromatic heterocycles. The largest absolute Gasteiger partial charge is 0.372 e. The maximum atomic E-state index is 5.83. The van der Waals surface area contributed by atoms with E-state index in [1.165, 1.54) is 0 Å². The van der Waals surface area contributed by atoms with Gasteiger partial charge in [0.05, 0.1) is 29.4 Å². The van der Waals surface area contributed by atoms with Gasteiger partial charge in [-0.15, -0.1) is 10.2 Å². The second-order valence-electron chi connectivity index (χ2n) is 7.94. The third kappa shape index (κ3) is 4.10. The number of fused-ring (bicyclic) bond motifs is 1. The minimum Gasteiger partial charge on any atom is -0.372 e. The Bertz CT molecular complexity index is 1200. The van der Waals surface area contributed by atoms with Crippen LogP contribution in [0, 0.1) is 0 Å². The molecule has 1 fully saturated rings. The van der Waals surface area contributed by atoms with E-state index >= 15 is 0 Å². The Morgan fingerprint density at radius 1 is 1.19 bits per heavy atom. The lowest BCUT2D eigenvalue weighted by Gasteiger charge is -2.38. The summed E-state index contributed by atoms with van der Waals surface area (Å²) in [5.74, 6) is 2.64. The summed E-state index contributed by atoms with van der Waals surface area (Å²) in [5.41, 5.74) is 1.42. The smallest absolute Gasteiger partial charge is 0.230 e. The topological polar surface area (TPSA) is 109 Å². The minimum atomic E-state index is -0.257. The van der Waals surface area contributed by atoms with Crippen molar-refractivity contribution < 1.29 is 4.74 Å². The van der Waals surface area contributed by atoms with E-state index in [0.717, 1.165) is 22.4 Å². The van der Waals surface area contributed by atoms with E-state index in [-0.39, 0.29) is 5.60 Å². The molecular weight excluding hydrogens is 462 g/mol. The van der Waals surface area contributed by atoms with Gasteiger partial charge in [0.25, 0.3) is 0 Å². The maximum Gasteiger partial charge on any atom is 0.230 e. The van der Waals surface area contributed by atoms with Crippen LogP contribution in [0.5, 0.6) is 0 Å². The second-order valence-corrected chi connectivity index (χ2v) is 8.80. The lowest BCUT2D eigenvalue weighted by atomic mass is 10.1. The summed E-state index contributed by atoms with van der Waals surface area (Å²) >= 11 is 3.53. The molecule has 0 bridgehead atoms. The number of nitrogens with one attached hydrogen (secondary N) is 2. The molecule has 1 aliphatic rings. The first-order valence-corrected chi connectivity index (χ1v) is 10.8. The van der Waals surface area contributed by atoms with Crippen molar-refractivity contribution >= 4 is 33.5 Å². The van der Waals surface area contributed by atoms with Gasteiger partial charge in [-0.05, 0) is 29.8 Å². The molecule has 0 saturated carbocycles. The molecule has 11 heteroatoms. The van der Waals surface area contributed by atoms with Gasteiger partial charge in [0, 0.05) is 18.7 Å². The van der Waals surface area contributed by atoms with E-state index < -0.39 is 0 Å². The number of aromatic nitrogens is 7. The summed E-state index contributed by atoms with van der Waals surface area (Å²) < 4.78 is 8.31. The van der Waals surface area contributed by atoms with Gasteiger partial charge in [0.1, 0.15) is 5.82 Å². The number of nitrogens with zero attached hydrogens (tertiary/aromatic N) is 7. The number of hydrogen-bond acceptors (Lipinski definition) is 8. The molecule has 1 aromatic carbocycles. The number of morpholine rings is 1. The number of benzene rings is 1. The summed E-state index contributed by atoms with van der Waals surface area (Å²) in [4.78, 5) is 14.9. The molecule has 1 saturated heterocycles. The number of H-pyrrole nitrogens is 1. The van der Waals surface area contributed by atoms with Crippen LogP contribution in [-0.2, 0) is 11.3 Å². The zero-order chi connectivity index (χ0) is 21.4. The fraction of sp³-hybridized carbons (Fsp3) is 0.350. The third-order valence-electron chi connectivity index (χ3n) is 5.02. The molecule has 0 unspecified atom stereocenters. The third-order valence-corrected chi connectivity index (χ3v) is 5.58. The van der Waals surface area contributed by atoms with Gasteiger partial charge in [-0.3, -0.25) is 0 Å². The molecule has 10 nitrogen and oxygen atoms in total. The minimum absolute atomic E-state index is 0.257. The molecule has 4 aromatic rings. The van der Waals surface area contributed by atoms with Crippen molar-refractivity contribution in [2.24, 2.45) is 0 Å². The van der Waals surface area contributed by atoms with Gasteiger partial charge in [-0.2, -0.15) is 19.6 Å². The Labute approximate surface area is 187 Å². The summed E-state index contributed by atoms with van der Waals surface area (Å²) in [6.45, 7) is 6.62. The van der Waals surface area contributed by atoms with Crippen LogP contribution in [0.15, 0.2) is 41.0 Å². The Kier molecular flexibility index (Phi) is 5.06. The lowest BCUT2D eigenvalue weighted by Crippen LogP contribution is -2.49. The Morgan fingerprint density at radius 3 is 2.84 bits per heavy atom. The van der Waals surface area contributed by atoms with Crippen LogP contribution in [0.1, 0.15) is 19.7 Å². The van der Waals surface area contributed by atoms with Crippen molar-refractivity contribution in [2.45, 2.75) is 26.0 Å². The average Bonchev–Trinajstić information content (AvgIpc) is 3.39. The number of rotatable bonds is 5. The number of aromatic amines is 1. The van der Waals surface area contributed by atoms with Crippen molar-refractivity contribution in [3.63, 3.8) is 0 Å². The molecule has 1 aliphatic heterocycles. The predicted molar refractivity (Wildman–Crippen MR) is 120 cm³/mol. The standard InChI is InChI=1S/C20H22BrN9O/c1-20(2)12-29(8-9-31-20)19-25-17-14(21)10-23-30(17)18(26-19)22-11-15-24-16(28-27-15)13-6-4-3-5-7-13/h3-7,10H,8-9,11-12H2,1-2H3,(H,22,25,26)(H,24,27,28). The van der Waals surface area contributed by atoms with Crippen molar-refractivity contribution in [2.75, 3.05) is 29.9 Å². The second kappa shape index (κ2) is 7.89. The van der Waals surface area contributed by atoms with Crippen molar-refractivity contribution in [1.29, 1.82) is 0 Å². The quantitative estimate of drug-likeness (QED) is 0.445. The zero-order valence-electron chi connectivity index (χ0n) is 17.2. The van der Waals surface area contributed by atoms with E-state index in [0.29, 0.717) is 43.1 Å². The summed E-state index contributed by atoms with van der Waals surface area (Å²) in [7, 11) is 0. The summed E-state index contributed by atoms with van der Waals surface area (Å²) in [6, 6.07) is 9.89. The highest BCUT2D eigenvalue weighted by Gasteiger charge is 2.29. The Morgan fingerprint density at radius 2 is 2.03 bits per heavy atom. The summed E-state index contributed by atoms with van der Waals surface area (Å²) in [6.07, 6.45) is 1.71. The van der Waals surface area contributed by atoms with Crippen LogP contribution in [0.3, 0.4) is 0 Å². The molecule has 5 rings (SSSR count). The monoisotopic (exact) mass is 483 g/mol. The first-order chi connectivity index (χ1) is 15.0. The lowest BCUT2D eigenvalue weighted by molar-refractivity contribution is -0.0281. The van der Waals surface area contributed by atoms with Crippen LogP contribution in [0.4, 0.5) is 11.9 Å². The fourth-order valence-corrected chi connectivity index (χ4v) is 3.90. The fourth-order valence-electron chi connectivity index (χ4n) is 3.55. The Balaban J connectivity index is 1.41. The molecule has 4 heterocycles. The molecule has 31 heavy (non-hydrogen) atoms. The molecular formula is C20H22BrN9O. The van der Waals surface area contributed by atoms with Gasteiger partial charge in [-0.25, -0.2) is 0 Å². The molecule has 160 valence electrons. The van der Waals surface area contributed by atoms with Crippen molar-refractivity contribution in [3.8, 4) is 11.4 Å². The van der Waals surface area contributed by atoms with E-state index in [9.17, 15) is 0 Å². The molecule has 0 spiro atoms. The average molecular weight is 484 g/mol. The number of hydrogen-bond donors (Lipinski definition) is 2. The zero-order valence-corrected chi connectivity index (χ0v) is 18.8. The van der Waals surface area contributed by atoms with E-state index in [1.54, 1.807) is 10.7 Å². The van der Waals surface area contributed by atoms with Gasteiger partial charge >= 0.3 is 0 Å². The highest BCUT2D eigenvalue weighted by molar-refractivity contribution is 9.10. The molecule has 0 amide bonds. The SMILES string of the molecule is CC1(C)CN(c2nc(NCc3nnc(-c4ccccc4)[nH]3)n3ncc(Br)c3n2)CCO1. The van der Waals surface area contributed by atoms with Crippen LogP contribution in [0.25, 0.3) is 17.0 Å². The predicted octanol–water partition coefficient (Wildman–Crippen LogP) is 2.90. The maximum absolute atomic E-state index is 5.83. The number of halogens is 1. The normalized spacial score (nSPS) is 16.0. The van der Waals surface area contributed by atoms with Gasteiger partial charge < -0.3 is 19.9 Å². The van der Waals surface area contributed by atoms with Crippen LogP contribution in [0.2, 0.25) is 0 Å². The number of ether oxygens (including phenoxy) is 1. The van der Waals surface area contributed by atoms with Crippen molar-refractivity contribution in [1.82, 2.24) is 34.8 Å². The highest BCUT2D eigenvalue weighted by Crippen LogP contribution is 2.25. The number of anilines is 2. The first-order valence-electron chi connectivity index (χ1n) is 9.99. The van der Waals surface area contributed by atoms with Crippen LogP contribution in [-0.4, -0.2) is 60.1 Å². The molecule has 2 N–H and O–H groups in total. The van der Waals surface area contributed by atoms with E-state index in [2.05, 4.69) is 60.3 Å². The van der Waals surface area contributed by atoms with Crippen LogP contribution >= 0.6 is 15.9 Å². The molecule has 0 atom stereocenters. The molecule has 0 radical (unpaired) electrons. The van der Waals surface area contributed by atoms with Gasteiger partial charge in [0.2, 0.25) is 11.9 Å². The molecule has 0 aliphatic carbocycles. The first kappa shape index (κ1) is 19.9.